The van der Waals surface area contributed by atoms with Crippen LogP contribution in [0.5, 0.6) is 5.88 Å². The van der Waals surface area contributed by atoms with Crippen molar-refractivity contribution in [2.45, 2.75) is 38.1 Å². The van der Waals surface area contributed by atoms with E-state index >= 15 is 0 Å². The summed E-state index contributed by atoms with van der Waals surface area (Å²) in [5, 5.41) is 6.86. The normalized spacial score (nSPS) is 18.2. The molecule has 2 aliphatic rings. The van der Waals surface area contributed by atoms with Crippen LogP contribution in [0, 0.1) is 0 Å². The number of piperidine rings is 1. The lowest BCUT2D eigenvalue weighted by atomic mass is 10.1. The van der Waals surface area contributed by atoms with Crippen molar-refractivity contribution in [3.05, 3.63) is 6.07 Å². The molecule has 114 valence electrons. The molecule has 0 atom stereocenters. The molecular weight excluding hydrogens is 286 g/mol. The van der Waals surface area contributed by atoms with Gasteiger partial charge in [0, 0.05) is 25.2 Å². The molecule has 0 bridgehead atoms. The van der Waals surface area contributed by atoms with Gasteiger partial charge in [0.2, 0.25) is 11.8 Å². The Balaban J connectivity index is 1.73. The van der Waals surface area contributed by atoms with Crippen LogP contribution >= 0.6 is 12.2 Å². The molecule has 3 rings (SSSR count). The van der Waals surface area contributed by atoms with Gasteiger partial charge in [0.1, 0.15) is 5.82 Å². The number of nitrogens with one attached hydrogen (secondary N) is 2. The summed E-state index contributed by atoms with van der Waals surface area (Å²) in [5.74, 6) is 1.95. The molecule has 0 amide bonds. The minimum atomic E-state index is 0.494. The first-order valence-corrected chi connectivity index (χ1v) is 7.91. The summed E-state index contributed by atoms with van der Waals surface area (Å²) in [6.07, 6.45) is 6.06. The highest BCUT2D eigenvalue weighted by molar-refractivity contribution is 7.80. The van der Waals surface area contributed by atoms with Crippen LogP contribution in [0.15, 0.2) is 6.07 Å². The summed E-state index contributed by atoms with van der Waals surface area (Å²) in [7, 11) is 1.62. The molecular formula is C14H21N5OS. The number of hydrogen-bond acceptors (Lipinski definition) is 5. The maximum Gasteiger partial charge on any atom is 0.234 e. The zero-order valence-electron chi connectivity index (χ0n) is 12.3. The highest BCUT2D eigenvalue weighted by Crippen LogP contribution is 2.23. The molecule has 6 nitrogen and oxygen atoms in total. The van der Waals surface area contributed by atoms with Crippen molar-refractivity contribution in [2.24, 2.45) is 0 Å². The molecule has 0 unspecified atom stereocenters. The van der Waals surface area contributed by atoms with Crippen molar-refractivity contribution in [1.82, 2.24) is 15.3 Å². The van der Waals surface area contributed by atoms with Gasteiger partial charge in [-0.15, -0.1) is 0 Å². The van der Waals surface area contributed by atoms with E-state index in [0.29, 0.717) is 23.0 Å². The zero-order valence-corrected chi connectivity index (χ0v) is 13.1. The predicted molar refractivity (Wildman–Crippen MR) is 87.0 cm³/mol. The summed E-state index contributed by atoms with van der Waals surface area (Å²) < 4.78 is 5.28. The third-order valence-electron chi connectivity index (χ3n) is 3.72. The molecule has 1 saturated carbocycles. The third-order valence-corrected chi connectivity index (χ3v) is 3.94. The van der Waals surface area contributed by atoms with Crippen LogP contribution in [0.4, 0.5) is 11.8 Å². The fourth-order valence-electron chi connectivity index (χ4n) is 2.41. The van der Waals surface area contributed by atoms with Crippen molar-refractivity contribution >= 4 is 29.1 Å². The SMILES string of the molecule is COc1cc(N2CCCCC2)nc(NC(=S)NC2CC2)n1. The Bertz CT molecular complexity index is 514. The maximum atomic E-state index is 5.28. The average Bonchev–Trinajstić information content (AvgIpc) is 3.31. The van der Waals surface area contributed by atoms with Gasteiger partial charge in [-0.2, -0.15) is 9.97 Å². The van der Waals surface area contributed by atoms with Crippen molar-refractivity contribution in [2.75, 3.05) is 30.4 Å². The van der Waals surface area contributed by atoms with E-state index in [9.17, 15) is 0 Å². The van der Waals surface area contributed by atoms with Crippen molar-refractivity contribution in [3.8, 4) is 5.88 Å². The average molecular weight is 307 g/mol. The van der Waals surface area contributed by atoms with Crippen LogP contribution in [0.3, 0.4) is 0 Å². The number of hydrogen-bond donors (Lipinski definition) is 2. The Labute approximate surface area is 130 Å². The van der Waals surface area contributed by atoms with Crippen LogP contribution < -0.4 is 20.3 Å². The predicted octanol–water partition coefficient (Wildman–Crippen LogP) is 1.92. The fourth-order valence-corrected chi connectivity index (χ4v) is 2.67. The van der Waals surface area contributed by atoms with Crippen LogP contribution in [0.1, 0.15) is 32.1 Å². The van der Waals surface area contributed by atoms with E-state index in [0.717, 1.165) is 18.9 Å². The fraction of sp³-hybridized carbons (Fsp3) is 0.643. The van der Waals surface area contributed by atoms with Gasteiger partial charge in [0.15, 0.2) is 5.11 Å². The Morgan fingerprint density at radius 3 is 2.71 bits per heavy atom. The molecule has 21 heavy (non-hydrogen) atoms. The first kappa shape index (κ1) is 14.3. The van der Waals surface area contributed by atoms with E-state index in [2.05, 4.69) is 25.5 Å². The molecule has 1 aromatic rings. The minimum Gasteiger partial charge on any atom is -0.481 e. The van der Waals surface area contributed by atoms with E-state index in [4.69, 9.17) is 17.0 Å². The van der Waals surface area contributed by atoms with Gasteiger partial charge in [-0.25, -0.2) is 0 Å². The van der Waals surface area contributed by atoms with Gasteiger partial charge in [0.05, 0.1) is 7.11 Å². The molecule has 2 fully saturated rings. The molecule has 2 heterocycles. The Morgan fingerprint density at radius 2 is 2.05 bits per heavy atom. The Morgan fingerprint density at radius 1 is 1.29 bits per heavy atom. The molecule has 1 aromatic heterocycles. The number of aromatic nitrogens is 2. The molecule has 0 spiro atoms. The van der Waals surface area contributed by atoms with Gasteiger partial charge in [-0.1, -0.05) is 0 Å². The van der Waals surface area contributed by atoms with Gasteiger partial charge in [-0.3, -0.25) is 0 Å². The van der Waals surface area contributed by atoms with Crippen LogP contribution in [0.2, 0.25) is 0 Å². The lowest BCUT2D eigenvalue weighted by Gasteiger charge is -2.28. The van der Waals surface area contributed by atoms with Gasteiger partial charge < -0.3 is 20.3 Å². The van der Waals surface area contributed by atoms with Crippen LogP contribution in [-0.2, 0) is 0 Å². The second kappa shape index (κ2) is 6.43. The first-order valence-electron chi connectivity index (χ1n) is 7.50. The van der Waals surface area contributed by atoms with Crippen LogP contribution in [-0.4, -0.2) is 41.3 Å². The topological polar surface area (TPSA) is 62.3 Å². The highest BCUT2D eigenvalue weighted by atomic mass is 32.1. The molecule has 2 N–H and O–H groups in total. The summed E-state index contributed by atoms with van der Waals surface area (Å²) >= 11 is 5.27. The Kier molecular flexibility index (Phi) is 4.38. The van der Waals surface area contributed by atoms with Gasteiger partial charge in [0.25, 0.3) is 0 Å². The molecule has 1 aliphatic heterocycles. The highest BCUT2D eigenvalue weighted by Gasteiger charge is 2.22. The summed E-state index contributed by atoms with van der Waals surface area (Å²) in [6.45, 7) is 2.06. The summed E-state index contributed by atoms with van der Waals surface area (Å²) in [6, 6.07) is 2.39. The van der Waals surface area contributed by atoms with Gasteiger partial charge in [-0.05, 0) is 44.3 Å². The quantitative estimate of drug-likeness (QED) is 0.824. The second-order valence-electron chi connectivity index (χ2n) is 5.51. The number of anilines is 2. The number of ether oxygens (including phenoxy) is 1. The standard InChI is InChI=1S/C14H21N5OS/c1-20-12-9-11(19-7-3-2-4-8-19)16-13(17-12)18-14(21)15-10-5-6-10/h9-10H,2-8H2,1H3,(H2,15,16,17,18,21). The molecule has 7 heteroatoms. The molecule has 1 aliphatic carbocycles. The molecule has 0 aromatic carbocycles. The lowest BCUT2D eigenvalue weighted by Crippen LogP contribution is -2.32. The van der Waals surface area contributed by atoms with E-state index < -0.39 is 0 Å². The first-order chi connectivity index (χ1) is 10.2. The molecule has 1 saturated heterocycles. The number of nitrogens with zero attached hydrogens (tertiary/aromatic N) is 3. The Hall–Kier alpha value is -1.63. The lowest BCUT2D eigenvalue weighted by molar-refractivity contribution is 0.397. The zero-order chi connectivity index (χ0) is 14.7. The maximum absolute atomic E-state index is 5.28. The van der Waals surface area contributed by atoms with E-state index in [-0.39, 0.29) is 0 Å². The monoisotopic (exact) mass is 307 g/mol. The van der Waals surface area contributed by atoms with Crippen LogP contribution in [0.25, 0.3) is 0 Å². The van der Waals surface area contributed by atoms with Gasteiger partial charge >= 0.3 is 0 Å². The van der Waals surface area contributed by atoms with E-state index in [1.165, 1.54) is 32.1 Å². The smallest absolute Gasteiger partial charge is 0.234 e. The van der Waals surface area contributed by atoms with Crippen molar-refractivity contribution < 1.29 is 4.74 Å². The summed E-state index contributed by atoms with van der Waals surface area (Å²) in [4.78, 5) is 11.2. The third kappa shape index (κ3) is 3.93. The second-order valence-corrected chi connectivity index (χ2v) is 5.92. The van der Waals surface area contributed by atoms with Crippen molar-refractivity contribution in [1.29, 1.82) is 0 Å². The van der Waals surface area contributed by atoms with Crippen molar-refractivity contribution in [3.63, 3.8) is 0 Å². The number of methoxy groups -OCH3 is 1. The number of thiocarbonyl (C=S) groups is 1. The van der Waals surface area contributed by atoms with E-state index in [1.54, 1.807) is 7.11 Å². The number of rotatable bonds is 4. The minimum absolute atomic E-state index is 0.494. The largest absolute Gasteiger partial charge is 0.481 e. The summed E-state index contributed by atoms with van der Waals surface area (Å²) in [5.41, 5.74) is 0. The van der Waals surface area contributed by atoms with E-state index in [1.807, 2.05) is 6.07 Å². The molecule has 0 radical (unpaired) electrons.